The monoisotopic (exact) mass is 254 g/mol. The summed E-state index contributed by atoms with van der Waals surface area (Å²) in [5.74, 6) is -0.138. The maximum absolute atomic E-state index is 12.0. The average molecular weight is 254 g/mol. The van der Waals surface area contributed by atoms with Crippen LogP contribution in [0.3, 0.4) is 0 Å². The van der Waals surface area contributed by atoms with E-state index < -0.39 is 6.04 Å². The van der Waals surface area contributed by atoms with Crippen molar-refractivity contribution in [2.45, 2.75) is 13.0 Å². The average Bonchev–Trinajstić information content (AvgIpc) is 2.36. The number of nitrogens with zero attached hydrogens (tertiary/aromatic N) is 3. The van der Waals surface area contributed by atoms with Gasteiger partial charge >= 0.3 is 6.03 Å². The predicted octanol–water partition coefficient (Wildman–Crippen LogP) is -1.30. The Labute approximate surface area is 106 Å². The van der Waals surface area contributed by atoms with Gasteiger partial charge in [-0.05, 0) is 6.92 Å². The molecular formula is C11H18N4O3. The number of nitrogens with one attached hydrogen (secondary N) is 1. The molecule has 7 nitrogen and oxygen atoms in total. The summed E-state index contributed by atoms with van der Waals surface area (Å²) in [6.07, 6.45) is 0. The van der Waals surface area contributed by atoms with Crippen LogP contribution in [0.5, 0.6) is 0 Å². The molecule has 7 heteroatoms. The third-order valence-electron chi connectivity index (χ3n) is 3.35. The first-order valence-electron chi connectivity index (χ1n) is 6.11. The van der Waals surface area contributed by atoms with E-state index in [0.717, 1.165) is 0 Å². The molecular weight excluding hydrogens is 236 g/mol. The fourth-order valence-electron chi connectivity index (χ4n) is 2.37. The van der Waals surface area contributed by atoms with E-state index >= 15 is 0 Å². The molecule has 1 atom stereocenters. The Balaban J connectivity index is 2.08. The lowest BCUT2D eigenvalue weighted by Gasteiger charge is -2.45. The van der Waals surface area contributed by atoms with Crippen LogP contribution in [0.2, 0.25) is 0 Å². The molecule has 2 saturated heterocycles. The highest BCUT2D eigenvalue weighted by Gasteiger charge is 2.42. The smallest absolute Gasteiger partial charge is 0.317 e. The number of carbonyl (C=O) groups is 3. The summed E-state index contributed by atoms with van der Waals surface area (Å²) in [6, 6.07) is -0.696. The summed E-state index contributed by atoms with van der Waals surface area (Å²) >= 11 is 0. The molecule has 2 aliphatic rings. The lowest BCUT2D eigenvalue weighted by Crippen LogP contribution is -2.67. The number of carbonyl (C=O) groups excluding carboxylic acids is 3. The van der Waals surface area contributed by atoms with Crippen molar-refractivity contribution in [3.63, 3.8) is 0 Å². The van der Waals surface area contributed by atoms with Crippen molar-refractivity contribution >= 4 is 17.8 Å². The summed E-state index contributed by atoms with van der Waals surface area (Å²) in [4.78, 5) is 40.1. The van der Waals surface area contributed by atoms with Gasteiger partial charge in [-0.1, -0.05) is 0 Å². The molecule has 100 valence electrons. The highest BCUT2D eigenvalue weighted by Crippen LogP contribution is 2.17. The lowest BCUT2D eigenvalue weighted by atomic mass is 10.1. The number of rotatable bonds is 1. The molecule has 0 spiro atoms. The summed E-state index contributed by atoms with van der Waals surface area (Å²) in [6.45, 7) is 3.72. The Bertz CT molecular complexity index is 384. The van der Waals surface area contributed by atoms with Crippen LogP contribution in [-0.4, -0.2) is 78.4 Å². The minimum Gasteiger partial charge on any atom is -0.338 e. The molecule has 2 heterocycles. The molecule has 1 N–H and O–H groups in total. The van der Waals surface area contributed by atoms with Crippen molar-refractivity contribution in [1.82, 2.24) is 20.0 Å². The lowest BCUT2D eigenvalue weighted by molar-refractivity contribution is -0.157. The highest BCUT2D eigenvalue weighted by atomic mass is 16.2. The molecule has 0 unspecified atom stereocenters. The topological polar surface area (TPSA) is 73.0 Å². The molecule has 0 aromatic heterocycles. The third kappa shape index (κ3) is 2.12. The van der Waals surface area contributed by atoms with E-state index in [4.69, 9.17) is 0 Å². The molecule has 0 aromatic carbocycles. The maximum Gasteiger partial charge on any atom is 0.317 e. The summed E-state index contributed by atoms with van der Waals surface area (Å²) < 4.78 is 0. The van der Waals surface area contributed by atoms with Gasteiger partial charge in [0.15, 0.2) is 0 Å². The minimum atomic E-state index is -0.521. The number of fused-ring (bicyclic) bond motifs is 1. The Morgan fingerprint density at radius 2 is 2.11 bits per heavy atom. The molecule has 0 aromatic rings. The fraction of sp³-hybridized carbons (Fsp3) is 0.727. The van der Waals surface area contributed by atoms with E-state index in [9.17, 15) is 14.4 Å². The van der Waals surface area contributed by atoms with Crippen LogP contribution in [0, 0.1) is 0 Å². The standard InChI is InChI=1S/C11H18N4O3/c1-3-12-11(18)14-4-5-15-8(6-14)10(17)13(2)7-9(15)16/h8H,3-7H2,1-2H3,(H,12,18)/t8-/m0/s1. The number of hydrogen-bond acceptors (Lipinski definition) is 3. The molecule has 4 amide bonds. The highest BCUT2D eigenvalue weighted by molar-refractivity contribution is 5.95. The Morgan fingerprint density at radius 3 is 2.78 bits per heavy atom. The zero-order valence-corrected chi connectivity index (χ0v) is 10.7. The van der Waals surface area contributed by atoms with E-state index in [1.54, 1.807) is 16.8 Å². The zero-order valence-electron chi connectivity index (χ0n) is 10.7. The van der Waals surface area contributed by atoms with Gasteiger partial charge in [0.05, 0.1) is 13.1 Å². The quantitative estimate of drug-likeness (QED) is 0.632. The van der Waals surface area contributed by atoms with Gasteiger partial charge in [-0.3, -0.25) is 9.59 Å². The minimum absolute atomic E-state index is 0.0438. The molecule has 18 heavy (non-hydrogen) atoms. The summed E-state index contributed by atoms with van der Waals surface area (Å²) in [7, 11) is 1.61. The van der Waals surface area contributed by atoms with Crippen LogP contribution in [0.15, 0.2) is 0 Å². The number of likely N-dealkylation sites (N-methyl/N-ethyl adjacent to an activating group) is 1. The first-order valence-corrected chi connectivity index (χ1v) is 6.11. The predicted molar refractivity (Wildman–Crippen MR) is 63.8 cm³/mol. The summed E-state index contributed by atoms with van der Waals surface area (Å²) in [5, 5.41) is 2.71. The number of amides is 4. The van der Waals surface area contributed by atoms with Crippen LogP contribution < -0.4 is 5.32 Å². The van der Waals surface area contributed by atoms with E-state index in [-0.39, 0.29) is 30.9 Å². The zero-order chi connectivity index (χ0) is 13.3. The first-order chi connectivity index (χ1) is 8.54. The largest absolute Gasteiger partial charge is 0.338 e. The second kappa shape index (κ2) is 4.83. The van der Waals surface area contributed by atoms with Gasteiger partial charge in [-0.15, -0.1) is 0 Å². The van der Waals surface area contributed by atoms with Crippen LogP contribution in [0.4, 0.5) is 4.79 Å². The first kappa shape index (κ1) is 12.7. The molecule has 0 bridgehead atoms. The van der Waals surface area contributed by atoms with E-state index in [2.05, 4.69) is 5.32 Å². The second-order valence-electron chi connectivity index (χ2n) is 4.58. The van der Waals surface area contributed by atoms with Crippen molar-refractivity contribution < 1.29 is 14.4 Å². The van der Waals surface area contributed by atoms with Gasteiger partial charge in [0, 0.05) is 26.7 Å². The molecule has 2 aliphatic heterocycles. The fourth-order valence-corrected chi connectivity index (χ4v) is 2.37. The van der Waals surface area contributed by atoms with Crippen molar-refractivity contribution in [3.05, 3.63) is 0 Å². The van der Waals surface area contributed by atoms with Crippen LogP contribution in [-0.2, 0) is 9.59 Å². The molecule has 2 fully saturated rings. The normalized spacial score (nSPS) is 24.1. The third-order valence-corrected chi connectivity index (χ3v) is 3.35. The molecule has 0 saturated carbocycles. The van der Waals surface area contributed by atoms with Gasteiger partial charge in [0.25, 0.3) is 0 Å². The van der Waals surface area contributed by atoms with Crippen LogP contribution in [0.25, 0.3) is 0 Å². The van der Waals surface area contributed by atoms with Crippen molar-refractivity contribution in [1.29, 1.82) is 0 Å². The Morgan fingerprint density at radius 1 is 1.39 bits per heavy atom. The number of urea groups is 1. The molecule has 0 radical (unpaired) electrons. The van der Waals surface area contributed by atoms with Gasteiger partial charge < -0.3 is 20.0 Å². The number of hydrogen-bond donors (Lipinski definition) is 1. The number of piperazine rings is 2. The van der Waals surface area contributed by atoms with Crippen molar-refractivity contribution in [2.24, 2.45) is 0 Å². The molecule has 2 rings (SSSR count). The van der Waals surface area contributed by atoms with Crippen LogP contribution in [0.1, 0.15) is 6.92 Å². The maximum atomic E-state index is 12.0. The van der Waals surface area contributed by atoms with Crippen molar-refractivity contribution in [3.8, 4) is 0 Å². The van der Waals surface area contributed by atoms with E-state index in [1.165, 1.54) is 4.90 Å². The van der Waals surface area contributed by atoms with E-state index in [0.29, 0.717) is 19.6 Å². The van der Waals surface area contributed by atoms with Gasteiger partial charge in [-0.2, -0.15) is 0 Å². The van der Waals surface area contributed by atoms with Gasteiger partial charge in [0.2, 0.25) is 11.8 Å². The summed E-state index contributed by atoms with van der Waals surface area (Å²) in [5.41, 5.74) is 0. The van der Waals surface area contributed by atoms with Gasteiger partial charge in [0.1, 0.15) is 6.04 Å². The van der Waals surface area contributed by atoms with Crippen LogP contribution >= 0.6 is 0 Å². The Kier molecular flexibility index (Phi) is 3.40. The second-order valence-corrected chi connectivity index (χ2v) is 4.58. The van der Waals surface area contributed by atoms with E-state index in [1.807, 2.05) is 6.92 Å². The Hall–Kier alpha value is -1.79. The van der Waals surface area contributed by atoms with Gasteiger partial charge in [-0.25, -0.2) is 4.79 Å². The molecule has 0 aliphatic carbocycles. The SMILES string of the molecule is CCNC(=O)N1CCN2C(=O)CN(C)C(=O)[C@@H]2C1. The van der Waals surface area contributed by atoms with Crippen molar-refractivity contribution in [2.75, 3.05) is 39.8 Å².